The summed E-state index contributed by atoms with van der Waals surface area (Å²) in [7, 11) is 3.08. The molecule has 1 amide bonds. The third-order valence-electron chi connectivity index (χ3n) is 6.00. The molecular formula is C22H32N8O5. The second-order valence-corrected chi connectivity index (χ2v) is 8.51. The number of aryl methyl sites for hydroxylation is 2. The number of unbranched alkanes of at least 4 members (excludes halogenated alkanes) is 3. The zero-order valence-corrected chi connectivity index (χ0v) is 20.5. The molecule has 13 nitrogen and oxygen atoms in total. The van der Waals surface area contributed by atoms with Gasteiger partial charge in [-0.3, -0.25) is 28.5 Å². The minimum atomic E-state index is -0.799. The predicted molar refractivity (Wildman–Crippen MR) is 133 cm³/mol. The number of nitrogens with two attached hydrogens (primary N) is 1. The van der Waals surface area contributed by atoms with Crippen LogP contribution >= 0.6 is 0 Å². The quantitative estimate of drug-likeness (QED) is 0.376. The van der Waals surface area contributed by atoms with Crippen LogP contribution in [0.4, 0.5) is 11.5 Å². The number of anilines is 2. The van der Waals surface area contributed by atoms with Gasteiger partial charge >= 0.3 is 11.4 Å². The van der Waals surface area contributed by atoms with Crippen LogP contribution in [0.3, 0.4) is 0 Å². The molecule has 0 atom stereocenters. The van der Waals surface area contributed by atoms with E-state index in [9.17, 15) is 24.0 Å². The Balaban J connectivity index is 2.12. The second-order valence-electron chi connectivity index (χ2n) is 8.51. The van der Waals surface area contributed by atoms with Crippen LogP contribution in [0.1, 0.15) is 46.0 Å². The van der Waals surface area contributed by atoms with Crippen LogP contribution < -0.4 is 33.1 Å². The fourth-order valence-corrected chi connectivity index (χ4v) is 4.01. The smallest absolute Gasteiger partial charge is 0.332 e. The Labute approximate surface area is 200 Å². The van der Waals surface area contributed by atoms with E-state index in [0.717, 1.165) is 23.8 Å². The number of rotatable bonds is 10. The summed E-state index contributed by atoms with van der Waals surface area (Å²) in [5, 5.41) is 0. The number of fused-ring (bicyclic) bond motifs is 1. The summed E-state index contributed by atoms with van der Waals surface area (Å²) in [6.45, 7) is 3.75. The zero-order valence-electron chi connectivity index (χ0n) is 20.5. The molecule has 3 aromatic rings. The van der Waals surface area contributed by atoms with Crippen molar-refractivity contribution in [3.05, 3.63) is 48.0 Å². The number of carbonyl (C=O) groups is 1. The molecule has 0 aliphatic heterocycles. The highest BCUT2D eigenvalue weighted by atomic mass is 16.2. The Kier molecular flexibility index (Phi) is 7.77. The summed E-state index contributed by atoms with van der Waals surface area (Å²) in [4.78, 5) is 72.1. The van der Waals surface area contributed by atoms with Crippen LogP contribution in [-0.4, -0.2) is 40.7 Å². The molecule has 0 unspecified atom stereocenters. The van der Waals surface area contributed by atoms with Gasteiger partial charge < -0.3 is 15.2 Å². The maximum Gasteiger partial charge on any atom is 0.332 e. The molecule has 35 heavy (non-hydrogen) atoms. The van der Waals surface area contributed by atoms with Gasteiger partial charge in [0, 0.05) is 27.2 Å². The number of imidazole rings is 1. The Bertz CT molecular complexity index is 1470. The van der Waals surface area contributed by atoms with Crippen molar-refractivity contribution in [3.63, 3.8) is 0 Å². The Morgan fingerprint density at radius 1 is 1.06 bits per heavy atom. The van der Waals surface area contributed by atoms with Gasteiger partial charge in [0.2, 0.25) is 5.91 Å². The lowest BCUT2D eigenvalue weighted by Crippen LogP contribution is -2.47. The number of aromatic nitrogens is 6. The summed E-state index contributed by atoms with van der Waals surface area (Å²) in [6.07, 6.45) is 5.05. The minimum absolute atomic E-state index is 0.126. The van der Waals surface area contributed by atoms with Crippen molar-refractivity contribution in [2.24, 2.45) is 14.1 Å². The first-order valence-electron chi connectivity index (χ1n) is 11.7. The van der Waals surface area contributed by atoms with Gasteiger partial charge in [-0.25, -0.2) is 19.1 Å². The summed E-state index contributed by atoms with van der Waals surface area (Å²) >= 11 is 0. The van der Waals surface area contributed by atoms with Crippen molar-refractivity contribution in [2.45, 2.75) is 59.0 Å². The van der Waals surface area contributed by atoms with E-state index in [0.29, 0.717) is 12.8 Å². The molecule has 13 heteroatoms. The third kappa shape index (κ3) is 4.84. The van der Waals surface area contributed by atoms with Gasteiger partial charge in [-0.05, 0) is 12.8 Å². The molecule has 3 rings (SSSR count). The van der Waals surface area contributed by atoms with E-state index in [1.165, 1.54) is 32.0 Å². The van der Waals surface area contributed by atoms with E-state index in [4.69, 9.17) is 5.73 Å². The number of hydrogen-bond acceptors (Lipinski definition) is 7. The molecule has 0 saturated carbocycles. The monoisotopic (exact) mass is 488 g/mol. The molecule has 3 aromatic heterocycles. The van der Waals surface area contributed by atoms with E-state index in [1.807, 2.05) is 13.8 Å². The van der Waals surface area contributed by atoms with E-state index in [2.05, 4.69) is 9.97 Å². The predicted octanol–water partition coefficient (Wildman–Crippen LogP) is -0.111. The molecule has 0 radical (unpaired) electrons. The van der Waals surface area contributed by atoms with Gasteiger partial charge in [-0.15, -0.1) is 0 Å². The van der Waals surface area contributed by atoms with E-state index in [-0.39, 0.29) is 35.8 Å². The summed E-state index contributed by atoms with van der Waals surface area (Å²) < 4.78 is 4.71. The van der Waals surface area contributed by atoms with Crippen LogP contribution in [0.2, 0.25) is 0 Å². The normalized spacial score (nSPS) is 11.3. The van der Waals surface area contributed by atoms with Gasteiger partial charge in [0.25, 0.3) is 11.1 Å². The van der Waals surface area contributed by atoms with Gasteiger partial charge in [0.05, 0.1) is 6.33 Å². The number of nitrogens with one attached hydrogen (secondary N) is 1. The molecule has 0 aromatic carbocycles. The number of carbonyl (C=O) groups excluding carboxylic acids is 1. The molecule has 3 heterocycles. The van der Waals surface area contributed by atoms with Crippen molar-refractivity contribution in [2.75, 3.05) is 17.2 Å². The average Bonchev–Trinajstić information content (AvgIpc) is 3.20. The van der Waals surface area contributed by atoms with Crippen molar-refractivity contribution in [3.8, 4) is 0 Å². The van der Waals surface area contributed by atoms with Crippen LogP contribution in [0.25, 0.3) is 11.2 Å². The number of hydrogen-bond donors (Lipinski definition) is 2. The summed E-state index contributed by atoms with van der Waals surface area (Å²) in [5.74, 6) is -0.793. The molecule has 0 saturated heterocycles. The lowest BCUT2D eigenvalue weighted by atomic mass is 10.2. The number of nitrogens with zero attached hydrogens (tertiary/aromatic N) is 6. The van der Waals surface area contributed by atoms with E-state index < -0.39 is 34.9 Å². The van der Waals surface area contributed by atoms with Crippen LogP contribution in [0.15, 0.2) is 25.5 Å². The van der Waals surface area contributed by atoms with Crippen LogP contribution in [0, 0.1) is 0 Å². The zero-order chi connectivity index (χ0) is 25.9. The fraction of sp³-hybridized carbons (Fsp3) is 0.545. The van der Waals surface area contributed by atoms with Gasteiger partial charge in [0.1, 0.15) is 12.4 Å². The number of amides is 1. The first-order valence-corrected chi connectivity index (χ1v) is 11.7. The maximum atomic E-state index is 13.5. The van der Waals surface area contributed by atoms with Crippen LogP contribution in [0.5, 0.6) is 0 Å². The summed E-state index contributed by atoms with van der Waals surface area (Å²) in [6, 6.07) is 0. The second kappa shape index (κ2) is 10.6. The molecule has 0 aliphatic rings. The van der Waals surface area contributed by atoms with Crippen molar-refractivity contribution >= 4 is 28.6 Å². The highest BCUT2D eigenvalue weighted by Crippen LogP contribution is 2.19. The Morgan fingerprint density at radius 3 is 2.40 bits per heavy atom. The molecule has 190 valence electrons. The molecule has 0 fully saturated rings. The molecule has 0 spiro atoms. The SMILES string of the molecule is CCCCCN(C(=O)Cn1c(=O)c2c(ncn2C)n(C)c1=O)c1c(N)n(CCCC)c(=O)[nH]c1=O. The number of aromatic amines is 1. The van der Waals surface area contributed by atoms with Crippen molar-refractivity contribution in [1.29, 1.82) is 0 Å². The molecule has 0 aliphatic carbocycles. The average molecular weight is 489 g/mol. The third-order valence-corrected chi connectivity index (χ3v) is 6.00. The Morgan fingerprint density at radius 2 is 1.74 bits per heavy atom. The molecular weight excluding hydrogens is 456 g/mol. The maximum absolute atomic E-state index is 13.5. The van der Waals surface area contributed by atoms with Crippen molar-refractivity contribution in [1.82, 2.24) is 28.2 Å². The van der Waals surface area contributed by atoms with Gasteiger partial charge in [0.15, 0.2) is 16.9 Å². The first-order chi connectivity index (χ1) is 16.6. The lowest BCUT2D eigenvalue weighted by molar-refractivity contribution is -0.119. The topological polar surface area (TPSA) is 163 Å². The van der Waals surface area contributed by atoms with Crippen LogP contribution in [-0.2, 0) is 32.0 Å². The van der Waals surface area contributed by atoms with E-state index in [1.54, 1.807) is 7.05 Å². The van der Waals surface area contributed by atoms with Gasteiger partial charge in [-0.1, -0.05) is 33.1 Å². The highest BCUT2D eigenvalue weighted by Gasteiger charge is 2.26. The highest BCUT2D eigenvalue weighted by molar-refractivity contribution is 5.95. The first kappa shape index (κ1) is 25.7. The number of nitrogen functional groups attached to an aromatic ring is 1. The number of H-pyrrole nitrogens is 1. The minimum Gasteiger partial charge on any atom is -0.383 e. The Hall–Kier alpha value is -3.90. The molecule has 0 bridgehead atoms. The van der Waals surface area contributed by atoms with Gasteiger partial charge in [-0.2, -0.15) is 0 Å². The summed E-state index contributed by atoms with van der Waals surface area (Å²) in [5.41, 5.74) is 3.61. The van der Waals surface area contributed by atoms with Crippen molar-refractivity contribution < 1.29 is 4.79 Å². The van der Waals surface area contributed by atoms with E-state index >= 15 is 0 Å². The lowest BCUT2D eigenvalue weighted by Gasteiger charge is -2.25. The molecule has 3 N–H and O–H groups in total. The standard InChI is InChI=1S/C22H32N8O5/c1-5-7-9-11-28(15-17(23)29(10-8-6-2)21(34)25-19(15)32)14(31)12-30-20(33)16-18(24-13-26(16)3)27(4)22(30)35/h13H,5-12,23H2,1-4H3,(H,25,32,34). The fourth-order valence-electron chi connectivity index (χ4n) is 4.01. The largest absolute Gasteiger partial charge is 0.383 e.